The van der Waals surface area contributed by atoms with Crippen molar-refractivity contribution in [1.82, 2.24) is 0 Å². The van der Waals surface area contributed by atoms with Crippen LogP contribution in [0.2, 0.25) is 0 Å². The first-order valence-electron chi connectivity index (χ1n) is 9.92. The Bertz CT molecular complexity index is 1310. The van der Waals surface area contributed by atoms with Gasteiger partial charge in [0.05, 0.1) is 21.3 Å². The van der Waals surface area contributed by atoms with Gasteiger partial charge < -0.3 is 14.2 Å². The summed E-state index contributed by atoms with van der Waals surface area (Å²) in [5, 5.41) is 19.0. The minimum Gasteiger partial charge on any atom is -0.493 e. The predicted molar refractivity (Wildman–Crippen MR) is 124 cm³/mol. The molecule has 0 heterocycles. The van der Waals surface area contributed by atoms with Gasteiger partial charge in [-0.05, 0) is 51.6 Å². The molecule has 3 aromatic rings. The third-order valence-corrected chi connectivity index (χ3v) is 5.43. The number of nitrogens with zero attached hydrogens (tertiary/aromatic N) is 2. The SMILES string of the molecule is COc1cc(/C=C/c2ccc3c(c2)C(=C(C#N)C#N)c2ccccc2-3)cc(OC)c1OC. The van der Waals surface area contributed by atoms with Crippen LogP contribution in [0.5, 0.6) is 17.2 Å². The van der Waals surface area contributed by atoms with Gasteiger partial charge >= 0.3 is 0 Å². The van der Waals surface area contributed by atoms with Crippen molar-refractivity contribution in [1.29, 1.82) is 10.5 Å². The van der Waals surface area contributed by atoms with E-state index in [0.29, 0.717) is 22.8 Å². The number of ether oxygens (including phenoxy) is 3. The van der Waals surface area contributed by atoms with Gasteiger partial charge in [-0.2, -0.15) is 10.5 Å². The molecule has 0 atom stereocenters. The minimum atomic E-state index is 0.113. The Hall–Kier alpha value is -4.48. The fourth-order valence-electron chi connectivity index (χ4n) is 3.98. The van der Waals surface area contributed by atoms with Gasteiger partial charge in [0, 0.05) is 5.57 Å². The zero-order chi connectivity index (χ0) is 22.7. The molecule has 1 aliphatic carbocycles. The molecule has 0 saturated heterocycles. The lowest BCUT2D eigenvalue weighted by atomic mass is 9.97. The Labute approximate surface area is 187 Å². The number of hydrogen-bond acceptors (Lipinski definition) is 5. The van der Waals surface area contributed by atoms with Crippen LogP contribution in [0.3, 0.4) is 0 Å². The molecule has 0 N–H and O–H groups in total. The van der Waals surface area contributed by atoms with Crippen molar-refractivity contribution in [3.63, 3.8) is 0 Å². The lowest BCUT2D eigenvalue weighted by molar-refractivity contribution is 0.324. The molecule has 0 aromatic heterocycles. The summed E-state index contributed by atoms with van der Waals surface area (Å²) in [6, 6.07) is 21.7. The lowest BCUT2D eigenvalue weighted by Crippen LogP contribution is -1.95. The van der Waals surface area contributed by atoms with E-state index in [1.54, 1.807) is 21.3 Å². The average Bonchev–Trinajstić information content (AvgIpc) is 3.16. The van der Waals surface area contributed by atoms with Crippen LogP contribution in [0.1, 0.15) is 22.3 Å². The highest BCUT2D eigenvalue weighted by atomic mass is 16.5. The molecule has 5 nitrogen and oxygen atoms in total. The third kappa shape index (κ3) is 3.47. The van der Waals surface area contributed by atoms with Crippen molar-refractivity contribution >= 4 is 17.7 Å². The molecular formula is C27H20N2O3. The smallest absolute Gasteiger partial charge is 0.203 e. The summed E-state index contributed by atoms with van der Waals surface area (Å²) in [5.74, 6) is 1.69. The van der Waals surface area contributed by atoms with E-state index in [0.717, 1.165) is 33.4 Å². The zero-order valence-corrected chi connectivity index (χ0v) is 18.0. The van der Waals surface area contributed by atoms with Gasteiger partial charge in [-0.3, -0.25) is 0 Å². The molecule has 0 fully saturated rings. The van der Waals surface area contributed by atoms with E-state index in [1.807, 2.05) is 78.9 Å². The van der Waals surface area contributed by atoms with Crippen LogP contribution in [0.15, 0.2) is 60.2 Å². The highest BCUT2D eigenvalue weighted by Gasteiger charge is 2.26. The molecule has 0 saturated carbocycles. The molecule has 0 spiro atoms. The summed E-state index contributed by atoms with van der Waals surface area (Å²) in [6.07, 6.45) is 3.92. The largest absolute Gasteiger partial charge is 0.493 e. The van der Waals surface area contributed by atoms with Gasteiger partial charge in [0.2, 0.25) is 5.75 Å². The summed E-state index contributed by atoms with van der Waals surface area (Å²) >= 11 is 0. The van der Waals surface area contributed by atoms with Crippen molar-refractivity contribution in [2.75, 3.05) is 21.3 Å². The first-order chi connectivity index (χ1) is 15.6. The van der Waals surface area contributed by atoms with Gasteiger partial charge in [-0.15, -0.1) is 0 Å². The Kier molecular flexibility index (Phi) is 5.66. The fourth-order valence-corrected chi connectivity index (χ4v) is 3.98. The Morgan fingerprint density at radius 3 is 1.88 bits per heavy atom. The molecule has 0 aliphatic heterocycles. The molecule has 4 rings (SSSR count). The van der Waals surface area contributed by atoms with E-state index in [1.165, 1.54) is 0 Å². The number of methoxy groups -OCH3 is 3. The van der Waals surface area contributed by atoms with E-state index >= 15 is 0 Å². The van der Waals surface area contributed by atoms with Crippen LogP contribution in [0.25, 0.3) is 28.9 Å². The van der Waals surface area contributed by atoms with Crippen LogP contribution < -0.4 is 14.2 Å². The van der Waals surface area contributed by atoms with E-state index in [-0.39, 0.29) is 5.57 Å². The Morgan fingerprint density at radius 1 is 0.688 bits per heavy atom. The van der Waals surface area contributed by atoms with Crippen molar-refractivity contribution in [3.05, 3.63) is 82.4 Å². The molecule has 0 amide bonds. The molecule has 5 heteroatoms. The second kappa shape index (κ2) is 8.71. The van der Waals surface area contributed by atoms with Gasteiger partial charge in [-0.25, -0.2) is 0 Å². The van der Waals surface area contributed by atoms with Crippen molar-refractivity contribution in [2.45, 2.75) is 0 Å². The quantitative estimate of drug-likeness (QED) is 0.305. The highest BCUT2D eigenvalue weighted by molar-refractivity contribution is 6.04. The normalized spacial score (nSPS) is 11.3. The Balaban J connectivity index is 1.79. The monoisotopic (exact) mass is 420 g/mol. The van der Waals surface area contributed by atoms with Crippen LogP contribution in [-0.4, -0.2) is 21.3 Å². The molecule has 0 radical (unpaired) electrons. The standard InChI is InChI=1S/C27H20N2O3/c1-30-24-13-18(14-25(31-2)27(24)32-3)9-8-17-10-11-21-20-6-4-5-7-22(20)26(23(21)12-17)19(15-28)16-29/h4-14H,1-3H3/b9-8+. The van der Waals surface area contributed by atoms with E-state index < -0.39 is 0 Å². The van der Waals surface area contributed by atoms with Crippen LogP contribution >= 0.6 is 0 Å². The van der Waals surface area contributed by atoms with E-state index in [9.17, 15) is 10.5 Å². The van der Waals surface area contributed by atoms with Gasteiger partial charge in [-0.1, -0.05) is 48.6 Å². The van der Waals surface area contributed by atoms with Gasteiger partial charge in [0.15, 0.2) is 11.5 Å². The highest BCUT2D eigenvalue weighted by Crippen LogP contribution is 2.46. The predicted octanol–water partition coefficient (Wildman–Crippen LogP) is 5.71. The van der Waals surface area contributed by atoms with Crippen LogP contribution in [-0.2, 0) is 0 Å². The van der Waals surface area contributed by atoms with Gasteiger partial charge in [0.25, 0.3) is 0 Å². The topological polar surface area (TPSA) is 75.3 Å². The van der Waals surface area contributed by atoms with E-state index in [2.05, 4.69) is 0 Å². The van der Waals surface area contributed by atoms with Crippen molar-refractivity contribution < 1.29 is 14.2 Å². The molecule has 156 valence electrons. The molecule has 3 aromatic carbocycles. The maximum atomic E-state index is 9.52. The van der Waals surface area contributed by atoms with E-state index in [4.69, 9.17) is 14.2 Å². The van der Waals surface area contributed by atoms with Crippen LogP contribution in [0, 0.1) is 22.7 Å². The molecular weight excluding hydrogens is 400 g/mol. The number of hydrogen-bond donors (Lipinski definition) is 0. The summed E-state index contributed by atoms with van der Waals surface area (Å²) in [4.78, 5) is 0. The van der Waals surface area contributed by atoms with Gasteiger partial charge in [0.1, 0.15) is 17.7 Å². The Morgan fingerprint density at radius 2 is 1.28 bits per heavy atom. The number of nitriles is 2. The van der Waals surface area contributed by atoms with Crippen molar-refractivity contribution in [2.24, 2.45) is 0 Å². The molecule has 0 unspecified atom stereocenters. The summed E-state index contributed by atoms with van der Waals surface area (Å²) in [7, 11) is 4.73. The molecule has 32 heavy (non-hydrogen) atoms. The lowest BCUT2D eigenvalue weighted by Gasteiger charge is -2.12. The third-order valence-electron chi connectivity index (χ3n) is 5.43. The number of benzene rings is 3. The zero-order valence-electron chi connectivity index (χ0n) is 18.0. The molecule has 0 bridgehead atoms. The fraction of sp³-hybridized carbons (Fsp3) is 0.111. The summed E-state index contributed by atoms with van der Waals surface area (Å²) < 4.78 is 16.2. The molecule has 1 aliphatic rings. The van der Waals surface area contributed by atoms with Crippen molar-refractivity contribution in [3.8, 4) is 40.5 Å². The second-order valence-corrected chi connectivity index (χ2v) is 7.12. The van der Waals surface area contributed by atoms with Crippen LogP contribution in [0.4, 0.5) is 0 Å². The number of fused-ring (bicyclic) bond motifs is 3. The first kappa shape index (κ1) is 20.8. The maximum Gasteiger partial charge on any atom is 0.203 e. The average molecular weight is 420 g/mol. The number of rotatable bonds is 5. The first-order valence-corrected chi connectivity index (χ1v) is 9.92. The number of allylic oxidation sites excluding steroid dienone is 1. The second-order valence-electron chi connectivity index (χ2n) is 7.12. The summed E-state index contributed by atoms with van der Waals surface area (Å²) in [5.41, 5.74) is 6.46. The minimum absolute atomic E-state index is 0.113. The summed E-state index contributed by atoms with van der Waals surface area (Å²) in [6.45, 7) is 0. The maximum absolute atomic E-state index is 9.52.